The van der Waals surface area contributed by atoms with Crippen LogP contribution in [0.5, 0.6) is 0 Å². The first-order chi connectivity index (χ1) is 4.59. The molecule has 58 valence electrons. The average molecular weight is 327 g/mol. The Labute approximate surface area is 82.4 Å². The third kappa shape index (κ3) is 11.8. The summed E-state index contributed by atoms with van der Waals surface area (Å²) in [5.74, 6) is -0.148. The predicted molar refractivity (Wildman–Crippen MR) is 44.7 cm³/mol. The molecule has 0 saturated heterocycles. The van der Waals surface area contributed by atoms with Crippen LogP contribution >= 0.6 is 27.2 Å². The SMILES string of the molecule is COC(=O)C(C)C.[Br][Zn][Br]. The van der Waals surface area contributed by atoms with Crippen molar-refractivity contribution >= 4 is 33.2 Å². The summed E-state index contributed by atoms with van der Waals surface area (Å²) in [6.07, 6.45) is 0. The number of halogens is 2. The molecule has 0 fully saturated rings. The molecule has 0 rings (SSSR count). The molecule has 0 aliphatic rings. The van der Waals surface area contributed by atoms with Gasteiger partial charge in [0.15, 0.2) is 0 Å². The van der Waals surface area contributed by atoms with E-state index < -0.39 is 0 Å². The van der Waals surface area contributed by atoms with Crippen molar-refractivity contribution in [1.29, 1.82) is 0 Å². The van der Waals surface area contributed by atoms with Gasteiger partial charge in [-0.1, -0.05) is 13.8 Å². The number of esters is 1. The molecule has 0 N–H and O–H groups in total. The number of hydrogen-bond acceptors (Lipinski definition) is 2. The normalized spacial score (nSPS) is 7.40. The second-order valence-corrected chi connectivity index (χ2v) is 15.8. The molecule has 0 aliphatic carbocycles. The summed E-state index contributed by atoms with van der Waals surface area (Å²) >= 11 is 6.25. The third-order valence-corrected chi connectivity index (χ3v) is 0.673. The Kier molecular flexibility index (Phi) is 13.7. The molecule has 0 aromatic carbocycles. The Balaban J connectivity index is 0. The van der Waals surface area contributed by atoms with E-state index in [0.29, 0.717) is 0 Å². The Morgan fingerprint density at radius 1 is 1.50 bits per heavy atom. The van der Waals surface area contributed by atoms with Gasteiger partial charge in [-0.25, -0.2) is 0 Å². The molecule has 10 heavy (non-hydrogen) atoms. The fraction of sp³-hybridized carbons (Fsp3) is 0.800. The maximum absolute atomic E-state index is 10.3. The summed E-state index contributed by atoms with van der Waals surface area (Å²) < 4.78 is 4.37. The first-order valence-corrected chi connectivity index (χ1v) is 16.7. The van der Waals surface area contributed by atoms with Crippen LogP contribution in [0.4, 0.5) is 0 Å². The summed E-state index contributed by atoms with van der Waals surface area (Å²) in [7, 11) is 1.39. The number of ether oxygens (including phenoxy) is 1. The Hall–Kier alpha value is 1.05. The third-order valence-electron chi connectivity index (χ3n) is 0.673. The number of carbonyl (C=O) groups excluding carboxylic acids is 1. The van der Waals surface area contributed by atoms with Crippen LogP contribution in [-0.2, 0) is 22.7 Å². The summed E-state index contributed by atoms with van der Waals surface area (Å²) in [6.45, 7) is 3.59. The van der Waals surface area contributed by atoms with Crippen LogP contribution in [0.3, 0.4) is 0 Å². The van der Waals surface area contributed by atoms with Gasteiger partial charge in [0.1, 0.15) is 0 Å². The van der Waals surface area contributed by atoms with Gasteiger partial charge in [-0.15, -0.1) is 0 Å². The number of hydrogen-bond donors (Lipinski definition) is 0. The van der Waals surface area contributed by atoms with Gasteiger partial charge in [-0.3, -0.25) is 4.79 Å². The summed E-state index contributed by atoms with van der Waals surface area (Å²) in [4.78, 5) is 10.3. The van der Waals surface area contributed by atoms with Crippen LogP contribution in [0.25, 0.3) is 0 Å². The van der Waals surface area contributed by atoms with E-state index in [2.05, 4.69) is 32.0 Å². The minimum atomic E-state index is -0.250. The molecule has 0 saturated carbocycles. The Morgan fingerprint density at radius 2 is 1.80 bits per heavy atom. The molecule has 0 aliphatic heterocycles. The molecule has 0 bridgehead atoms. The molecule has 0 aromatic heterocycles. The van der Waals surface area contributed by atoms with Crippen molar-refractivity contribution in [2.75, 3.05) is 7.11 Å². The minimum absolute atomic E-state index is 0.00463. The quantitative estimate of drug-likeness (QED) is 0.546. The molecule has 0 radical (unpaired) electrons. The molecule has 0 heterocycles. The van der Waals surface area contributed by atoms with Gasteiger partial charge in [0.2, 0.25) is 0 Å². The van der Waals surface area contributed by atoms with Crippen molar-refractivity contribution in [3.63, 3.8) is 0 Å². The number of rotatable bonds is 1. The van der Waals surface area contributed by atoms with E-state index in [1.165, 1.54) is 7.11 Å². The van der Waals surface area contributed by atoms with Crippen molar-refractivity contribution in [2.24, 2.45) is 5.92 Å². The van der Waals surface area contributed by atoms with Crippen LogP contribution in [-0.4, -0.2) is 13.1 Å². The topological polar surface area (TPSA) is 26.3 Å². The van der Waals surface area contributed by atoms with Crippen LogP contribution in [0.1, 0.15) is 13.8 Å². The zero-order valence-corrected chi connectivity index (χ0v) is 12.5. The molecular weight excluding hydrogens is 317 g/mol. The molecule has 5 heteroatoms. The van der Waals surface area contributed by atoms with Gasteiger partial charge in [-0.05, 0) is 0 Å². The van der Waals surface area contributed by atoms with Gasteiger partial charge in [0.05, 0.1) is 13.0 Å². The van der Waals surface area contributed by atoms with E-state index in [0.717, 1.165) is 0 Å². The Bertz CT molecular complexity index is 87.7. The molecule has 2 nitrogen and oxygen atoms in total. The van der Waals surface area contributed by atoms with Gasteiger partial charge in [-0.2, -0.15) is 0 Å². The number of carbonyl (C=O) groups is 1. The van der Waals surface area contributed by atoms with Crippen LogP contribution in [0, 0.1) is 5.92 Å². The van der Waals surface area contributed by atoms with Crippen molar-refractivity contribution in [1.82, 2.24) is 0 Å². The van der Waals surface area contributed by atoms with E-state index in [1.807, 2.05) is 0 Å². The molecule has 0 spiro atoms. The predicted octanol–water partition coefficient (Wildman–Crippen LogP) is 2.50. The fourth-order valence-corrected chi connectivity index (χ4v) is 0.236. The Morgan fingerprint density at radius 3 is 1.80 bits per heavy atom. The molecule has 0 aromatic rings. The van der Waals surface area contributed by atoms with Crippen LogP contribution in [0.15, 0.2) is 0 Å². The van der Waals surface area contributed by atoms with Gasteiger partial charge in [0.25, 0.3) is 0 Å². The van der Waals surface area contributed by atoms with Crippen LogP contribution < -0.4 is 0 Å². The van der Waals surface area contributed by atoms with Gasteiger partial charge >= 0.3 is 46.4 Å². The van der Waals surface area contributed by atoms with Crippen molar-refractivity contribution in [3.05, 3.63) is 0 Å². The maximum atomic E-state index is 10.3. The monoisotopic (exact) mass is 324 g/mol. The standard InChI is InChI=1S/C5H10O2.2BrH.Zn/c1-4(2)5(6)7-3;;;/h4H,1-3H3;2*1H;/q;;;+2/p-2. The van der Waals surface area contributed by atoms with E-state index in [4.69, 9.17) is 0 Å². The summed E-state index contributed by atoms with van der Waals surface area (Å²) in [6, 6.07) is 0. The summed E-state index contributed by atoms with van der Waals surface area (Å²) in [5.41, 5.74) is 0. The summed E-state index contributed by atoms with van der Waals surface area (Å²) in [5, 5.41) is 0. The second kappa shape index (κ2) is 10.1. The van der Waals surface area contributed by atoms with E-state index in [1.54, 1.807) is 13.8 Å². The zero-order chi connectivity index (χ0) is 8.57. The molecule has 0 atom stereocenters. The van der Waals surface area contributed by atoms with E-state index >= 15 is 0 Å². The average Bonchev–Trinajstić information content (AvgIpc) is 1.88. The first-order valence-electron chi connectivity index (χ1n) is 2.79. The van der Waals surface area contributed by atoms with E-state index in [9.17, 15) is 4.79 Å². The van der Waals surface area contributed by atoms with Gasteiger partial charge in [0, 0.05) is 0 Å². The van der Waals surface area contributed by atoms with Crippen molar-refractivity contribution < 1.29 is 22.7 Å². The molecule has 0 unspecified atom stereocenters. The van der Waals surface area contributed by atoms with Crippen molar-refractivity contribution in [2.45, 2.75) is 13.8 Å². The van der Waals surface area contributed by atoms with E-state index in [-0.39, 0.29) is 25.1 Å². The molecular formula is C5H10Br2O2Zn. The second-order valence-electron chi connectivity index (χ2n) is 1.78. The first kappa shape index (κ1) is 13.6. The fourth-order valence-electron chi connectivity index (χ4n) is 0.236. The zero-order valence-electron chi connectivity index (χ0n) is 6.36. The van der Waals surface area contributed by atoms with Crippen LogP contribution in [0.2, 0.25) is 0 Å². The van der Waals surface area contributed by atoms with Gasteiger partial charge < -0.3 is 4.74 Å². The number of methoxy groups -OCH3 is 1. The molecule has 0 amide bonds. The van der Waals surface area contributed by atoms with Crippen molar-refractivity contribution in [3.8, 4) is 0 Å².